The lowest BCUT2D eigenvalue weighted by Gasteiger charge is -2.35. The van der Waals surface area contributed by atoms with E-state index in [-0.39, 0.29) is 17.5 Å². The van der Waals surface area contributed by atoms with Gasteiger partial charge in [-0.15, -0.1) is 0 Å². The van der Waals surface area contributed by atoms with Gasteiger partial charge in [0.25, 0.3) is 5.91 Å². The summed E-state index contributed by atoms with van der Waals surface area (Å²) in [6.07, 6.45) is -0.788. The van der Waals surface area contributed by atoms with E-state index in [4.69, 9.17) is 5.73 Å². The van der Waals surface area contributed by atoms with Crippen molar-refractivity contribution in [2.45, 2.75) is 31.5 Å². The monoisotopic (exact) mass is 287 g/mol. The minimum atomic E-state index is -4.49. The topological polar surface area (TPSA) is 59.2 Å². The summed E-state index contributed by atoms with van der Waals surface area (Å²) < 4.78 is 37.3. The second-order valence-electron chi connectivity index (χ2n) is 4.81. The van der Waals surface area contributed by atoms with Gasteiger partial charge in [-0.05, 0) is 31.4 Å². The zero-order valence-electron chi connectivity index (χ0n) is 10.9. The fourth-order valence-corrected chi connectivity index (χ4v) is 2.37. The Labute approximate surface area is 114 Å². The number of nitrogens with zero attached hydrogens (tertiary/aromatic N) is 2. The lowest BCUT2D eigenvalue weighted by molar-refractivity contribution is -0.141. The van der Waals surface area contributed by atoms with E-state index in [2.05, 4.69) is 4.98 Å². The Hall–Kier alpha value is -1.63. The third-order valence-corrected chi connectivity index (χ3v) is 3.46. The molecule has 0 bridgehead atoms. The van der Waals surface area contributed by atoms with E-state index in [0.717, 1.165) is 31.5 Å². The lowest BCUT2D eigenvalue weighted by Crippen LogP contribution is -2.47. The van der Waals surface area contributed by atoms with Gasteiger partial charge in [0.15, 0.2) is 0 Å². The molecular formula is C13H16F3N3O. The van der Waals surface area contributed by atoms with Gasteiger partial charge in [0.2, 0.25) is 0 Å². The molecule has 0 aliphatic carbocycles. The number of hydrogen-bond acceptors (Lipinski definition) is 3. The number of hydrogen-bond donors (Lipinski definition) is 1. The smallest absolute Gasteiger partial charge is 0.334 e. The van der Waals surface area contributed by atoms with Gasteiger partial charge in [0.1, 0.15) is 5.69 Å². The van der Waals surface area contributed by atoms with Crippen LogP contribution in [0.4, 0.5) is 13.2 Å². The standard InChI is InChI=1S/C13H16F3N3O/c14-13(15,16)11-5-4-9(8-18-11)12(20)19-6-2-1-3-10(19)7-17/h4-5,8,10H,1-3,6-7,17H2. The number of nitrogens with two attached hydrogens (primary N) is 1. The Morgan fingerprint density at radius 1 is 1.40 bits per heavy atom. The van der Waals surface area contributed by atoms with E-state index in [0.29, 0.717) is 13.1 Å². The molecule has 0 radical (unpaired) electrons. The Morgan fingerprint density at radius 3 is 2.70 bits per heavy atom. The van der Waals surface area contributed by atoms with Crippen LogP contribution >= 0.6 is 0 Å². The fraction of sp³-hybridized carbons (Fsp3) is 0.538. The van der Waals surface area contributed by atoms with Crippen molar-refractivity contribution in [2.75, 3.05) is 13.1 Å². The number of amides is 1. The Bertz CT molecular complexity index is 473. The molecule has 1 amide bonds. The Balaban J connectivity index is 2.16. The van der Waals surface area contributed by atoms with E-state index in [1.54, 1.807) is 4.90 Å². The van der Waals surface area contributed by atoms with E-state index in [1.807, 2.05) is 0 Å². The number of piperidine rings is 1. The van der Waals surface area contributed by atoms with Crippen molar-refractivity contribution in [3.05, 3.63) is 29.6 Å². The maximum absolute atomic E-state index is 12.4. The third-order valence-electron chi connectivity index (χ3n) is 3.46. The summed E-state index contributed by atoms with van der Waals surface area (Å²) in [7, 11) is 0. The number of alkyl halides is 3. The molecule has 1 atom stereocenters. The van der Waals surface area contributed by atoms with Crippen molar-refractivity contribution in [1.29, 1.82) is 0 Å². The minimum absolute atomic E-state index is 0.0430. The van der Waals surface area contributed by atoms with Crippen LogP contribution in [0.1, 0.15) is 35.3 Å². The molecule has 2 N–H and O–H groups in total. The van der Waals surface area contributed by atoms with Gasteiger partial charge in [-0.2, -0.15) is 13.2 Å². The highest BCUT2D eigenvalue weighted by Crippen LogP contribution is 2.27. The summed E-state index contributed by atoms with van der Waals surface area (Å²) >= 11 is 0. The van der Waals surface area contributed by atoms with Gasteiger partial charge < -0.3 is 10.6 Å². The third kappa shape index (κ3) is 3.09. The molecule has 1 unspecified atom stereocenters. The van der Waals surface area contributed by atoms with Crippen molar-refractivity contribution < 1.29 is 18.0 Å². The molecule has 7 heteroatoms. The van der Waals surface area contributed by atoms with Crippen molar-refractivity contribution >= 4 is 5.91 Å². The second-order valence-corrected chi connectivity index (χ2v) is 4.81. The molecule has 2 heterocycles. The van der Waals surface area contributed by atoms with Gasteiger partial charge in [-0.1, -0.05) is 0 Å². The van der Waals surface area contributed by atoms with Crippen LogP contribution in [0.3, 0.4) is 0 Å². The first-order valence-corrected chi connectivity index (χ1v) is 6.48. The minimum Gasteiger partial charge on any atom is -0.334 e. The number of pyridine rings is 1. The Morgan fingerprint density at radius 2 is 2.15 bits per heavy atom. The summed E-state index contributed by atoms with van der Waals surface area (Å²) in [6, 6.07) is 1.95. The molecule has 2 rings (SSSR count). The number of aromatic nitrogens is 1. The number of rotatable bonds is 2. The molecule has 1 aliphatic rings. The molecule has 0 aromatic carbocycles. The molecular weight excluding hydrogens is 271 g/mol. The first-order chi connectivity index (χ1) is 9.43. The predicted molar refractivity (Wildman–Crippen MR) is 67.0 cm³/mol. The van der Waals surface area contributed by atoms with Crippen molar-refractivity contribution in [3.8, 4) is 0 Å². The van der Waals surface area contributed by atoms with Gasteiger partial charge in [-0.25, -0.2) is 0 Å². The van der Waals surface area contributed by atoms with Crippen molar-refractivity contribution in [3.63, 3.8) is 0 Å². The van der Waals surface area contributed by atoms with Crippen LogP contribution in [-0.2, 0) is 6.18 Å². The molecule has 1 aliphatic heterocycles. The normalized spacial score (nSPS) is 20.0. The van der Waals surface area contributed by atoms with E-state index < -0.39 is 11.9 Å². The average Bonchev–Trinajstić information content (AvgIpc) is 2.45. The summed E-state index contributed by atoms with van der Waals surface area (Å²) in [6.45, 7) is 0.946. The number of likely N-dealkylation sites (tertiary alicyclic amines) is 1. The maximum Gasteiger partial charge on any atom is 0.433 e. The molecule has 1 fully saturated rings. The largest absolute Gasteiger partial charge is 0.433 e. The van der Waals surface area contributed by atoms with Gasteiger partial charge >= 0.3 is 6.18 Å². The first-order valence-electron chi connectivity index (χ1n) is 6.48. The molecule has 4 nitrogen and oxygen atoms in total. The van der Waals surface area contributed by atoms with Gasteiger partial charge in [-0.3, -0.25) is 9.78 Å². The summed E-state index contributed by atoms with van der Waals surface area (Å²) in [5.74, 6) is -0.304. The van der Waals surface area contributed by atoms with Crippen LogP contribution in [-0.4, -0.2) is 34.9 Å². The summed E-state index contributed by atoms with van der Waals surface area (Å²) in [4.78, 5) is 17.2. The van der Waals surface area contributed by atoms with Crippen LogP contribution in [0.5, 0.6) is 0 Å². The van der Waals surface area contributed by atoms with E-state index in [9.17, 15) is 18.0 Å². The molecule has 1 aromatic heterocycles. The SMILES string of the molecule is NCC1CCCCN1C(=O)c1ccc(C(F)(F)F)nc1. The Kier molecular flexibility index (Phi) is 4.27. The van der Waals surface area contributed by atoms with Crippen LogP contribution in [0, 0.1) is 0 Å². The van der Waals surface area contributed by atoms with Crippen LogP contribution < -0.4 is 5.73 Å². The van der Waals surface area contributed by atoms with Crippen molar-refractivity contribution in [2.24, 2.45) is 5.73 Å². The van der Waals surface area contributed by atoms with E-state index >= 15 is 0 Å². The summed E-state index contributed by atoms with van der Waals surface area (Å²) in [5, 5.41) is 0. The maximum atomic E-state index is 12.4. The van der Waals surface area contributed by atoms with Gasteiger partial charge in [0, 0.05) is 25.3 Å². The number of carbonyl (C=O) groups is 1. The lowest BCUT2D eigenvalue weighted by atomic mass is 10.0. The molecule has 1 saturated heterocycles. The summed E-state index contributed by atoms with van der Waals surface area (Å²) in [5.41, 5.74) is 4.80. The van der Waals surface area contributed by atoms with Crippen LogP contribution in [0.25, 0.3) is 0 Å². The molecule has 110 valence electrons. The quantitative estimate of drug-likeness (QED) is 0.905. The second kappa shape index (κ2) is 5.78. The van der Waals surface area contributed by atoms with Crippen LogP contribution in [0.15, 0.2) is 18.3 Å². The highest BCUT2D eigenvalue weighted by molar-refractivity contribution is 5.94. The van der Waals surface area contributed by atoms with Crippen LogP contribution in [0.2, 0.25) is 0 Å². The number of halogens is 3. The first kappa shape index (κ1) is 14.8. The molecule has 0 saturated carbocycles. The zero-order chi connectivity index (χ0) is 14.8. The van der Waals surface area contributed by atoms with Crippen molar-refractivity contribution in [1.82, 2.24) is 9.88 Å². The zero-order valence-corrected chi connectivity index (χ0v) is 10.9. The predicted octanol–water partition coefficient (Wildman–Crippen LogP) is 2.05. The molecule has 1 aromatic rings. The van der Waals surface area contributed by atoms with E-state index in [1.165, 1.54) is 6.07 Å². The highest BCUT2D eigenvalue weighted by Gasteiger charge is 2.33. The average molecular weight is 287 g/mol. The fourth-order valence-electron chi connectivity index (χ4n) is 2.37. The molecule has 20 heavy (non-hydrogen) atoms. The van der Waals surface area contributed by atoms with Gasteiger partial charge in [0.05, 0.1) is 5.56 Å². The number of carbonyl (C=O) groups excluding carboxylic acids is 1. The molecule has 0 spiro atoms. The highest BCUT2D eigenvalue weighted by atomic mass is 19.4.